The van der Waals surface area contributed by atoms with Gasteiger partial charge in [-0.3, -0.25) is 24.6 Å². The number of carbonyl (C=O) groups excluding carboxylic acids is 3. The van der Waals surface area contributed by atoms with Gasteiger partial charge in [0.05, 0.1) is 0 Å². The Kier molecular flexibility index (Phi) is 4.07. The van der Waals surface area contributed by atoms with Crippen molar-refractivity contribution in [2.45, 2.75) is 44.8 Å². The summed E-state index contributed by atoms with van der Waals surface area (Å²) in [6.45, 7) is 4.12. The molecule has 1 unspecified atom stereocenters. The molecule has 3 amide bonds. The Hall–Kier alpha value is -2.25. The minimum Gasteiger partial charge on any atom is -0.330 e. The van der Waals surface area contributed by atoms with E-state index in [0.717, 1.165) is 37.3 Å². The van der Waals surface area contributed by atoms with E-state index < -0.39 is 6.04 Å². The highest BCUT2D eigenvalue weighted by atomic mass is 16.2. The van der Waals surface area contributed by atoms with Gasteiger partial charge in [0.15, 0.2) is 0 Å². The Bertz CT molecular complexity index is 865. The number of imide groups is 1. The van der Waals surface area contributed by atoms with E-state index in [1.807, 2.05) is 12.1 Å². The van der Waals surface area contributed by atoms with Crippen LogP contribution >= 0.6 is 0 Å². The molecule has 7 nitrogen and oxygen atoms in total. The Morgan fingerprint density at radius 1 is 1.21 bits per heavy atom. The SMILES string of the molecule is NC[C@]12CC[C@H]1CN(Cc1cccc3c1CN(C1CCC(=O)NC1=O)C3=O)C2. The molecule has 1 aliphatic carbocycles. The van der Waals surface area contributed by atoms with Crippen molar-refractivity contribution in [2.75, 3.05) is 19.6 Å². The van der Waals surface area contributed by atoms with E-state index in [-0.39, 0.29) is 24.1 Å². The van der Waals surface area contributed by atoms with E-state index in [9.17, 15) is 14.4 Å². The highest BCUT2D eigenvalue weighted by Crippen LogP contribution is 2.51. The van der Waals surface area contributed by atoms with Gasteiger partial charge in [-0.15, -0.1) is 0 Å². The van der Waals surface area contributed by atoms with Gasteiger partial charge in [-0.1, -0.05) is 12.1 Å². The van der Waals surface area contributed by atoms with E-state index in [4.69, 9.17) is 5.73 Å². The minimum atomic E-state index is -0.561. The van der Waals surface area contributed by atoms with Crippen molar-refractivity contribution in [1.29, 1.82) is 0 Å². The fourth-order valence-electron chi connectivity index (χ4n) is 5.56. The number of carbonyl (C=O) groups is 3. The predicted molar refractivity (Wildman–Crippen MR) is 102 cm³/mol. The summed E-state index contributed by atoms with van der Waals surface area (Å²) in [5, 5.41) is 2.36. The molecule has 1 aromatic rings. The van der Waals surface area contributed by atoms with Crippen LogP contribution in [0.25, 0.3) is 0 Å². The van der Waals surface area contributed by atoms with Crippen LogP contribution in [0.1, 0.15) is 47.2 Å². The van der Waals surface area contributed by atoms with Crippen molar-refractivity contribution >= 4 is 17.7 Å². The highest BCUT2D eigenvalue weighted by Gasteiger charge is 2.51. The summed E-state index contributed by atoms with van der Waals surface area (Å²) in [5.41, 5.74) is 9.24. The lowest BCUT2D eigenvalue weighted by Crippen LogP contribution is -2.52. The lowest BCUT2D eigenvalue weighted by molar-refractivity contribution is -0.136. The molecule has 3 N–H and O–H groups in total. The van der Waals surface area contributed by atoms with Crippen molar-refractivity contribution in [3.05, 3.63) is 34.9 Å². The first-order valence-electron chi connectivity index (χ1n) is 10.2. The van der Waals surface area contributed by atoms with Crippen LogP contribution in [0.4, 0.5) is 0 Å². The third-order valence-corrected chi connectivity index (χ3v) is 7.35. The maximum atomic E-state index is 13.0. The van der Waals surface area contributed by atoms with Gasteiger partial charge in [0.25, 0.3) is 5.91 Å². The predicted octanol–water partition coefficient (Wildman–Crippen LogP) is 0.618. The molecule has 4 aliphatic rings. The van der Waals surface area contributed by atoms with Crippen LogP contribution in [0.2, 0.25) is 0 Å². The topological polar surface area (TPSA) is 95.7 Å². The minimum absolute atomic E-state index is 0.105. The zero-order valence-electron chi connectivity index (χ0n) is 15.9. The second-order valence-corrected chi connectivity index (χ2v) is 8.81. The van der Waals surface area contributed by atoms with Gasteiger partial charge < -0.3 is 10.6 Å². The average molecular weight is 382 g/mol. The number of nitrogens with two attached hydrogens (primary N) is 1. The zero-order valence-corrected chi connectivity index (χ0v) is 15.9. The molecule has 28 heavy (non-hydrogen) atoms. The number of hydrogen-bond donors (Lipinski definition) is 2. The normalized spacial score (nSPS) is 32.2. The number of fused-ring (bicyclic) bond motifs is 2. The monoisotopic (exact) mass is 382 g/mol. The largest absolute Gasteiger partial charge is 0.330 e. The number of likely N-dealkylation sites (tertiary alicyclic amines) is 1. The standard InChI is InChI=1S/C21H26N4O3/c22-11-21-7-6-14(21)9-24(12-21)8-13-2-1-3-15-16(13)10-25(20(15)28)17-4-5-18(26)23-19(17)27/h1-3,14,17H,4-12,22H2,(H,23,26,27)/t14-,17?,21-/m0/s1. The molecule has 0 bridgehead atoms. The molecule has 3 heterocycles. The first kappa shape index (κ1) is 17.8. The molecule has 1 aromatic carbocycles. The molecule has 7 heteroatoms. The Balaban J connectivity index is 1.35. The van der Waals surface area contributed by atoms with Gasteiger partial charge in [0, 0.05) is 38.2 Å². The molecule has 3 atom stereocenters. The van der Waals surface area contributed by atoms with Crippen molar-refractivity contribution < 1.29 is 14.4 Å². The fourth-order valence-corrected chi connectivity index (χ4v) is 5.56. The third kappa shape index (κ3) is 2.60. The van der Waals surface area contributed by atoms with Crippen LogP contribution in [0.3, 0.4) is 0 Å². The highest BCUT2D eigenvalue weighted by molar-refractivity contribution is 6.05. The maximum absolute atomic E-state index is 13.0. The van der Waals surface area contributed by atoms with E-state index >= 15 is 0 Å². The molecule has 0 radical (unpaired) electrons. The van der Waals surface area contributed by atoms with Gasteiger partial charge in [-0.25, -0.2) is 0 Å². The van der Waals surface area contributed by atoms with E-state index in [1.54, 1.807) is 4.90 Å². The molecular weight excluding hydrogens is 356 g/mol. The lowest BCUT2D eigenvalue weighted by Gasteiger charge is -2.43. The van der Waals surface area contributed by atoms with Gasteiger partial charge in [-0.2, -0.15) is 0 Å². The molecule has 3 aliphatic heterocycles. The number of rotatable bonds is 4. The van der Waals surface area contributed by atoms with Crippen molar-refractivity contribution in [3.63, 3.8) is 0 Å². The maximum Gasteiger partial charge on any atom is 0.255 e. The summed E-state index contributed by atoms with van der Waals surface area (Å²) in [6, 6.07) is 5.31. The van der Waals surface area contributed by atoms with Crippen LogP contribution in [0, 0.1) is 11.3 Å². The van der Waals surface area contributed by atoms with Gasteiger partial charge in [0.2, 0.25) is 11.8 Å². The Morgan fingerprint density at radius 3 is 2.75 bits per heavy atom. The van der Waals surface area contributed by atoms with Gasteiger partial charge in [0.1, 0.15) is 6.04 Å². The lowest BCUT2D eigenvalue weighted by atomic mass is 9.62. The number of nitrogens with zero attached hydrogens (tertiary/aromatic N) is 2. The van der Waals surface area contributed by atoms with Gasteiger partial charge >= 0.3 is 0 Å². The van der Waals surface area contributed by atoms with Crippen molar-refractivity contribution in [2.24, 2.45) is 17.1 Å². The van der Waals surface area contributed by atoms with Crippen LogP contribution < -0.4 is 11.1 Å². The Labute approximate surface area is 164 Å². The first-order chi connectivity index (χ1) is 13.5. The molecule has 0 aromatic heterocycles. The number of hydrogen-bond acceptors (Lipinski definition) is 5. The van der Waals surface area contributed by atoms with E-state index in [1.165, 1.54) is 12.8 Å². The van der Waals surface area contributed by atoms with Crippen molar-refractivity contribution in [1.82, 2.24) is 15.1 Å². The van der Waals surface area contributed by atoms with Crippen LogP contribution in [0.15, 0.2) is 18.2 Å². The molecule has 2 saturated heterocycles. The summed E-state index contributed by atoms with van der Waals surface area (Å²) in [5.74, 6) is -0.0225. The molecule has 3 fully saturated rings. The second kappa shape index (κ2) is 6.39. The smallest absolute Gasteiger partial charge is 0.255 e. The molecule has 1 saturated carbocycles. The molecule has 0 spiro atoms. The van der Waals surface area contributed by atoms with Crippen LogP contribution in [-0.2, 0) is 22.7 Å². The second-order valence-electron chi connectivity index (χ2n) is 8.81. The zero-order chi connectivity index (χ0) is 19.5. The number of benzene rings is 1. The third-order valence-electron chi connectivity index (χ3n) is 7.35. The summed E-state index contributed by atoms with van der Waals surface area (Å²) < 4.78 is 0. The number of nitrogens with one attached hydrogen (secondary N) is 1. The molecule has 148 valence electrons. The Morgan fingerprint density at radius 2 is 2.07 bits per heavy atom. The summed E-state index contributed by atoms with van der Waals surface area (Å²) >= 11 is 0. The van der Waals surface area contributed by atoms with E-state index in [2.05, 4.69) is 16.3 Å². The molecule has 5 rings (SSSR count). The number of amides is 3. The summed E-state index contributed by atoms with van der Waals surface area (Å²) in [4.78, 5) is 40.8. The average Bonchev–Trinajstić information content (AvgIpc) is 3.12. The van der Waals surface area contributed by atoms with Crippen LogP contribution in [0.5, 0.6) is 0 Å². The fraction of sp³-hybridized carbons (Fsp3) is 0.571. The molecular formula is C21H26N4O3. The van der Waals surface area contributed by atoms with Crippen molar-refractivity contribution in [3.8, 4) is 0 Å². The van der Waals surface area contributed by atoms with Gasteiger partial charge in [-0.05, 0) is 54.3 Å². The quantitative estimate of drug-likeness (QED) is 0.745. The van der Waals surface area contributed by atoms with Crippen LogP contribution in [-0.4, -0.2) is 53.2 Å². The van der Waals surface area contributed by atoms with E-state index in [0.29, 0.717) is 29.9 Å². The summed E-state index contributed by atoms with van der Waals surface area (Å²) in [6.07, 6.45) is 3.16. The number of piperidine rings is 1. The first-order valence-corrected chi connectivity index (χ1v) is 10.2. The summed E-state index contributed by atoms with van der Waals surface area (Å²) in [7, 11) is 0.